The Morgan fingerprint density at radius 1 is 1.75 bits per heavy atom. The Hall–Kier alpha value is -0.871. The van der Waals surface area contributed by atoms with Crippen molar-refractivity contribution in [3.05, 3.63) is 10.3 Å². The van der Waals surface area contributed by atoms with E-state index in [0.29, 0.717) is 0 Å². The van der Waals surface area contributed by atoms with Crippen LogP contribution >= 0.6 is 0 Å². The first-order chi connectivity index (χ1) is 1.41. The second-order valence-corrected chi connectivity index (χ2v) is 0.0816. The molecule has 18 valence electrons. The van der Waals surface area contributed by atoms with Crippen LogP contribution in [0.4, 0.5) is 0 Å². The molecule has 0 radical (unpaired) electrons. The minimum atomic E-state index is 0. The molecular formula is HeN2O. The topological polar surface area (TPSA) is 51.2 Å². The molecule has 0 bridgehead atoms. The van der Waals surface area contributed by atoms with Crippen molar-refractivity contribution in [2.75, 3.05) is 0 Å². The third kappa shape index (κ3) is 0.0248. The largest absolute Gasteiger partial charge is 0.463 e. The molecule has 0 unspecified atom stereocenters. The first-order valence-corrected chi connectivity index (χ1v) is 0.383. The molecule has 0 N–H and O–H groups in total. The van der Waals surface area contributed by atoms with Gasteiger partial charge in [-0.3, -0.25) is 0 Å². The van der Waals surface area contributed by atoms with E-state index >= 15 is 0 Å². The Morgan fingerprint density at radius 2 is 1.75 bits per heavy atom. The van der Waals surface area contributed by atoms with E-state index in [4.69, 9.17) is 10.6 Å². The summed E-state index contributed by atoms with van der Waals surface area (Å²) in [6, 6.07) is 0. The summed E-state index contributed by atoms with van der Waals surface area (Å²) < 4.78 is 0. The summed E-state index contributed by atoms with van der Waals surface area (Å²) in [5, 5.41) is 16.0. The zero-order valence-corrected chi connectivity index (χ0v) is 2.01. The second-order valence-electron chi connectivity index (χ2n) is 0.0816. The van der Waals surface area contributed by atoms with Gasteiger partial charge in [-0.25, -0.2) is 0 Å². The average molecular weight is 48.0 g/mol. The summed E-state index contributed by atoms with van der Waals surface area (Å²) in [6.45, 7) is 0. The van der Waals surface area contributed by atoms with Gasteiger partial charge in [-0.2, -0.15) is 0 Å². The van der Waals surface area contributed by atoms with Crippen molar-refractivity contribution in [2.45, 2.75) is 0 Å². The van der Waals surface area contributed by atoms with E-state index in [1.54, 1.807) is 0 Å². The van der Waals surface area contributed by atoms with E-state index in [1.165, 1.54) is 5.14 Å². The quantitative estimate of drug-likeness (QED) is 0.292. The van der Waals surface area contributed by atoms with Crippen molar-refractivity contribution >= 4 is 0 Å². The van der Waals surface area contributed by atoms with E-state index in [1.807, 2.05) is 0 Å². The minimum Gasteiger partial charge on any atom is -0.463 e. The molecule has 0 aliphatic rings. The Kier molecular flexibility index (Phi) is 453. The van der Waals surface area contributed by atoms with E-state index in [-0.39, 0.29) is 6.15 Å². The molecule has 0 amide bonds. The molecular weight excluding hydrogens is 48.0 g/mol. The van der Waals surface area contributed by atoms with Crippen LogP contribution in [0, 0.1) is 16.8 Å². The Morgan fingerprint density at radius 3 is 1.75 bits per heavy atom. The van der Waals surface area contributed by atoms with Crippen LogP contribution < -0.4 is 0 Å². The van der Waals surface area contributed by atoms with Gasteiger partial charge in [0.05, 0.1) is 0 Å². The fraction of sp³-hybridized carbons (Fsp3) is 0. The van der Waals surface area contributed by atoms with E-state index < -0.39 is 0 Å². The molecule has 0 rings (SSSR count). The Bertz CT molecular complexity index is 27.5. The maximum absolute atomic E-state index is 8.11. The molecule has 4 heavy (non-hydrogen) atoms. The Labute approximate surface area is 23.2 Å². The summed E-state index contributed by atoms with van der Waals surface area (Å²) in [5.74, 6) is 0. The standard InChI is InChI=1S/He.N2O/c;1-2-3. The summed E-state index contributed by atoms with van der Waals surface area (Å²) in [7, 11) is 0. The number of hydrogen-bond acceptors (Lipinski definition) is 2. The van der Waals surface area contributed by atoms with Gasteiger partial charge in [0.1, 0.15) is 0 Å². The van der Waals surface area contributed by atoms with E-state index in [0.717, 1.165) is 0 Å². The Balaban J connectivity index is 0. The van der Waals surface area contributed by atoms with Crippen LogP contribution in [0.3, 0.4) is 0 Å². The van der Waals surface area contributed by atoms with Gasteiger partial charge in [-0.15, -0.1) is 0 Å². The molecule has 0 aromatic rings. The van der Waals surface area contributed by atoms with Gasteiger partial charge in [-0.1, -0.05) is 0 Å². The number of nitrogens with zero attached hydrogens (tertiary/aromatic N) is 2. The van der Waals surface area contributed by atoms with Crippen LogP contribution in [0.25, 0.3) is 5.14 Å². The van der Waals surface area contributed by atoms with E-state index in [9.17, 15) is 0 Å². The number of diazo groups is 1. The van der Waals surface area contributed by atoms with Crippen LogP contribution in [-0.4, -0.2) is 0 Å². The number of hydrogen-bond donors (Lipinski definition) is 0. The smallest absolute Gasteiger partial charge is 0.237 e. The zero-order valence-electron chi connectivity index (χ0n) is 2.01. The fourth-order valence-corrected chi connectivity index (χ4v) is 0. The molecule has 3 nitrogen and oxygen atoms in total. The second kappa shape index (κ2) is 163. The molecule has 0 atom stereocenters. The first-order valence-electron chi connectivity index (χ1n) is 0.383. The van der Waals surface area contributed by atoms with E-state index in [2.05, 4.69) is 0 Å². The molecule has 0 aliphatic carbocycles. The minimum absolute atomic E-state index is 0. The molecule has 0 aliphatic heterocycles. The average Bonchev–Trinajstić information content (AvgIpc) is 0.918. The SMILES string of the molecule is N#[N+][O-].[He]. The fourth-order valence-electron chi connectivity index (χ4n) is 0. The third-order valence-electron chi connectivity index (χ3n) is 0. The first kappa shape index (κ1) is 11.1. The summed E-state index contributed by atoms with van der Waals surface area (Å²) in [6.07, 6.45) is 0. The van der Waals surface area contributed by atoms with Crippen molar-refractivity contribution < 1.29 is 6.15 Å². The van der Waals surface area contributed by atoms with Gasteiger partial charge in [0, 0.05) is 6.15 Å². The van der Waals surface area contributed by atoms with Gasteiger partial charge in [-0.05, 0) is 0 Å². The van der Waals surface area contributed by atoms with Crippen molar-refractivity contribution in [2.24, 2.45) is 0 Å². The maximum atomic E-state index is 8.11. The third-order valence-corrected chi connectivity index (χ3v) is 0. The van der Waals surface area contributed by atoms with Crippen LogP contribution in [0.5, 0.6) is 0 Å². The van der Waals surface area contributed by atoms with Crippen LogP contribution in [0.15, 0.2) is 0 Å². The predicted octanol–water partition coefficient (Wildman–Crippen LogP) is 0.337. The van der Waals surface area contributed by atoms with Gasteiger partial charge in [0.2, 0.25) is 10.5 Å². The molecule has 0 aromatic heterocycles. The van der Waals surface area contributed by atoms with Crippen LogP contribution in [0.1, 0.15) is 0 Å². The maximum Gasteiger partial charge on any atom is 0.237 e. The number of rotatable bonds is 0. The normalized spacial score (nSPS) is 1.75. The molecule has 4 heteroatoms. The summed E-state index contributed by atoms with van der Waals surface area (Å²) >= 11 is 0. The van der Waals surface area contributed by atoms with Crippen molar-refractivity contribution in [1.82, 2.24) is 0 Å². The van der Waals surface area contributed by atoms with Crippen molar-refractivity contribution in [1.29, 1.82) is 5.39 Å². The monoisotopic (exact) mass is 48.0 g/mol. The molecule has 0 saturated carbocycles. The van der Waals surface area contributed by atoms with Gasteiger partial charge >= 0.3 is 0 Å². The molecule has 0 heterocycles. The molecule has 0 aromatic carbocycles. The zero-order chi connectivity index (χ0) is 2.71. The van der Waals surface area contributed by atoms with Gasteiger partial charge < -0.3 is 5.21 Å². The van der Waals surface area contributed by atoms with Gasteiger partial charge in [0.25, 0.3) is 0 Å². The van der Waals surface area contributed by atoms with Crippen molar-refractivity contribution in [3.8, 4) is 0 Å². The summed E-state index contributed by atoms with van der Waals surface area (Å²) in [5.41, 5.74) is 0. The van der Waals surface area contributed by atoms with Crippen molar-refractivity contribution in [3.63, 3.8) is 0 Å². The van der Waals surface area contributed by atoms with Crippen LogP contribution in [-0.2, 0) is 0 Å². The van der Waals surface area contributed by atoms with Crippen LogP contribution in [0.2, 0.25) is 0 Å². The summed E-state index contributed by atoms with van der Waals surface area (Å²) in [4.78, 5) is 0. The molecule has 0 fully saturated rings. The predicted molar refractivity (Wildman–Crippen MR) is 8.45 cm³/mol. The molecule has 0 saturated heterocycles. The molecule has 0 spiro atoms. The van der Waals surface area contributed by atoms with Gasteiger partial charge in [0.15, 0.2) is 0 Å².